The monoisotopic (exact) mass is 257 g/mol. The molecule has 6 nitrogen and oxygen atoms in total. The summed E-state index contributed by atoms with van der Waals surface area (Å²) in [4.78, 5) is 26.7. The average molecular weight is 257 g/mol. The van der Waals surface area contributed by atoms with Gasteiger partial charge in [-0.15, -0.1) is 0 Å². The van der Waals surface area contributed by atoms with Crippen LogP contribution in [0.5, 0.6) is 0 Å². The van der Waals surface area contributed by atoms with E-state index >= 15 is 0 Å². The van der Waals surface area contributed by atoms with Gasteiger partial charge in [-0.05, 0) is 27.7 Å². The number of hydrogen-bond acceptors (Lipinski definition) is 3. The Morgan fingerprint density at radius 3 is 2.06 bits per heavy atom. The molecule has 6 heteroatoms. The first kappa shape index (κ1) is 14.6. The summed E-state index contributed by atoms with van der Waals surface area (Å²) in [7, 11) is 0. The Bertz CT molecular complexity index is 304. The van der Waals surface area contributed by atoms with Crippen LogP contribution in [-0.2, 0) is 4.74 Å². The summed E-state index contributed by atoms with van der Waals surface area (Å²) in [5, 5.41) is 2.75. The lowest BCUT2D eigenvalue weighted by Crippen LogP contribution is -2.53. The van der Waals surface area contributed by atoms with Crippen molar-refractivity contribution in [2.24, 2.45) is 0 Å². The molecule has 1 saturated heterocycles. The van der Waals surface area contributed by atoms with Gasteiger partial charge in [-0.3, -0.25) is 0 Å². The van der Waals surface area contributed by atoms with Crippen molar-refractivity contribution < 1.29 is 14.3 Å². The normalized spacial score (nSPS) is 16.4. The molecule has 1 fully saturated rings. The minimum Gasteiger partial charge on any atom is -0.444 e. The number of urea groups is 1. The van der Waals surface area contributed by atoms with Crippen LogP contribution in [0, 0.1) is 0 Å². The quantitative estimate of drug-likeness (QED) is 0.769. The number of ether oxygens (including phenoxy) is 1. The molecular formula is C12H23N3O3. The second-order valence-corrected chi connectivity index (χ2v) is 5.29. The van der Waals surface area contributed by atoms with Crippen LogP contribution in [0.3, 0.4) is 0 Å². The Morgan fingerprint density at radius 1 is 1.11 bits per heavy atom. The predicted octanol–water partition coefficient (Wildman–Crippen LogP) is 1.27. The zero-order valence-electron chi connectivity index (χ0n) is 11.7. The number of hydrogen-bond donors (Lipinski definition) is 1. The van der Waals surface area contributed by atoms with Crippen molar-refractivity contribution in [3.8, 4) is 0 Å². The Kier molecular flexibility index (Phi) is 4.81. The van der Waals surface area contributed by atoms with Crippen LogP contribution in [0.25, 0.3) is 0 Å². The predicted molar refractivity (Wildman–Crippen MR) is 68.5 cm³/mol. The first-order valence-electron chi connectivity index (χ1n) is 6.34. The molecule has 0 saturated carbocycles. The molecule has 0 aliphatic carbocycles. The van der Waals surface area contributed by atoms with Crippen molar-refractivity contribution >= 4 is 12.1 Å². The van der Waals surface area contributed by atoms with E-state index in [9.17, 15) is 9.59 Å². The second-order valence-electron chi connectivity index (χ2n) is 5.29. The SMILES string of the molecule is CCNC(=O)N1CCN(C(=O)OC(C)(C)C)CC1. The highest BCUT2D eigenvalue weighted by molar-refractivity contribution is 5.75. The van der Waals surface area contributed by atoms with Crippen molar-refractivity contribution in [1.82, 2.24) is 15.1 Å². The van der Waals surface area contributed by atoms with Gasteiger partial charge in [0, 0.05) is 32.7 Å². The third-order valence-electron chi connectivity index (χ3n) is 2.55. The summed E-state index contributed by atoms with van der Waals surface area (Å²) in [6.45, 7) is 10.2. The number of carbonyl (C=O) groups is 2. The van der Waals surface area contributed by atoms with Gasteiger partial charge in [0.2, 0.25) is 0 Å². The highest BCUT2D eigenvalue weighted by Gasteiger charge is 2.27. The van der Waals surface area contributed by atoms with Crippen molar-refractivity contribution in [2.45, 2.75) is 33.3 Å². The van der Waals surface area contributed by atoms with E-state index in [-0.39, 0.29) is 12.1 Å². The molecule has 0 bridgehead atoms. The van der Waals surface area contributed by atoms with E-state index in [0.717, 1.165) is 0 Å². The molecule has 0 unspecified atom stereocenters. The van der Waals surface area contributed by atoms with Gasteiger partial charge < -0.3 is 19.9 Å². The molecular weight excluding hydrogens is 234 g/mol. The maximum atomic E-state index is 11.8. The first-order valence-corrected chi connectivity index (χ1v) is 6.34. The van der Waals surface area contributed by atoms with E-state index in [1.165, 1.54) is 0 Å². The van der Waals surface area contributed by atoms with Crippen LogP contribution in [-0.4, -0.2) is 60.2 Å². The molecule has 3 amide bonds. The van der Waals surface area contributed by atoms with Gasteiger partial charge in [0.1, 0.15) is 5.60 Å². The molecule has 1 N–H and O–H groups in total. The van der Waals surface area contributed by atoms with Crippen molar-refractivity contribution in [3.63, 3.8) is 0 Å². The average Bonchev–Trinajstić information content (AvgIpc) is 2.27. The van der Waals surface area contributed by atoms with E-state index < -0.39 is 5.60 Å². The fourth-order valence-electron chi connectivity index (χ4n) is 1.68. The molecule has 104 valence electrons. The first-order chi connectivity index (χ1) is 8.33. The summed E-state index contributed by atoms with van der Waals surface area (Å²) in [5.74, 6) is 0. The second kappa shape index (κ2) is 5.93. The maximum Gasteiger partial charge on any atom is 0.410 e. The molecule has 0 aromatic carbocycles. The molecule has 1 aliphatic heterocycles. The van der Waals surface area contributed by atoms with Crippen LogP contribution < -0.4 is 5.32 Å². The summed E-state index contributed by atoms with van der Waals surface area (Å²) < 4.78 is 5.29. The number of carbonyl (C=O) groups excluding carboxylic acids is 2. The number of nitrogens with zero attached hydrogens (tertiary/aromatic N) is 2. The molecule has 1 rings (SSSR count). The molecule has 0 aromatic rings. The lowest BCUT2D eigenvalue weighted by Gasteiger charge is -2.35. The maximum absolute atomic E-state index is 11.8. The van der Waals surface area contributed by atoms with Gasteiger partial charge in [-0.1, -0.05) is 0 Å². The zero-order valence-corrected chi connectivity index (χ0v) is 11.7. The lowest BCUT2D eigenvalue weighted by atomic mass is 10.2. The Hall–Kier alpha value is -1.46. The summed E-state index contributed by atoms with van der Waals surface area (Å²) in [5.41, 5.74) is -0.478. The van der Waals surface area contributed by atoms with Crippen molar-refractivity contribution in [2.75, 3.05) is 32.7 Å². The molecule has 0 radical (unpaired) electrons. The molecule has 0 aromatic heterocycles. The molecule has 1 heterocycles. The third-order valence-corrected chi connectivity index (χ3v) is 2.55. The number of nitrogens with one attached hydrogen (secondary N) is 1. The topological polar surface area (TPSA) is 61.9 Å². The van der Waals surface area contributed by atoms with Gasteiger partial charge in [0.25, 0.3) is 0 Å². The molecule has 0 spiro atoms. The van der Waals surface area contributed by atoms with Crippen molar-refractivity contribution in [1.29, 1.82) is 0 Å². The van der Waals surface area contributed by atoms with E-state index in [4.69, 9.17) is 4.74 Å². The fraction of sp³-hybridized carbons (Fsp3) is 0.833. The van der Waals surface area contributed by atoms with Crippen LogP contribution in [0.4, 0.5) is 9.59 Å². The number of amides is 3. The van der Waals surface area contributed by atoms with E-state index in [0.29, 0.717) is 32.7 Å². The standard InChI is InChI=1S/C12H23N3O3/c1-5-13-10(16)14-6-8-15(9-7-14)11(17)18-12(2,3)4/h5-9H2,1-4H3,(H,13,16). The van der Waals surface area contributed by atoms with Crippen LogP contribution in [0.2, 0.25) is 0 Å². The van der Waals surface area contributed by atoms with E-state index in [2.05, 4.69) is 5.32 Å². The molecule has 18 heavy (non-hydrogen) atoms. The van der Waals surface area contributed by atoms with Crippen LogP contribution in [0.1, 0.15) is 27.7 Å². The smallest absolute Gasteiger partial charge is 0.410 e. The Labute approximate surface area is 108 Å². The summed E-state index contributed by atoms with van der Waals surface area (Å²) in [6.07, 6.45) is -0.307. The van der Waals surface area contributed by atoms with E-state index in [1.807, 2.05) is 27.7 Å². The highest BCUT2D eigenvalue weighted by Crippen LogP contribution is 2.11. The number of rotatable bonds is 1. The molecule has 0 atom stereocenters. The summed E-state index contributed by atoms with van der Waals surface area (Å²) >= 11 is 0. The largest absolute Gasteiger partial charge is 0.444 e. The van der Waals surface area contributed by atoms with Crippen LogP contribution >= 0.6 is 0 Å². The fourth-order valence-corrected chi connectivity index (χ4v) is 1.68. The van der Waals surface area contributed by atoms with Gasteiger partial charge >= 0.3 is 12.1 Å². The summed E-state index contributed by atoms with van der Waals surface area (Å²) in [6, 6.07) is -0.0682. The van der Waals surface area contributed by atoms with E-state index in [1.54, 1.807) is 9.80 Å². The number of piperazine rings is 1. The van der Waals surface area contributed by atoms with Gasteiger partial charge in [-0.25, -0.2) is 9.59 Å². The molecule has 1 aliphatic rings. The van der Waals surface area contributed by atoms with Crippen molar-refractivity contribution in [3.05, 3.63) is 0 Å². The zero-order chi connectivity index (χ0) is 13.8. The Balaban J connectivity index is 2.39. The van der Waals surface area contributed by atoms with Gasteiger partial charge in [-0.2, -0.15) is 0 Å². The van der Waals surface area contributed by atoms with Gasteiger partial charge in [0.15, 0.2) is 0 Å². The Morgan fingerprint density at radius 2 is 1.61 bits per heavy atom. The van der Waals surface area contributed by atoms with Crippen LogP contribution in [0.15, 0.2) is 0 Å². The third kappa shape index (κ3) is 4.43. The lowest BCUT2D eigenvalue weighted by molar-refractivity contribution is 0.0170. The minimum absolute atomic E-state index is 0.0682. The highest BCUT2D eigenvalue weighted by atomic mass is 16.6. The minimum atomic E-state index is -0.478. The van der Waals surface area contributed by atoms with Gasteiger partial charge in [0.05, 0.1) is 0 Å².